The average molecular weight is 347 g/mol. The molecule has 0 N–H and O–H groups in total. The highest BCUT2D eigenvalue weighted by molar-refractivity contribution is 5.55. The predicted octanol–water partition coefficient (Wildman–Crippen LogP) is 3.46. The number of aromatic nitrogens is 5. The van der Waals surface area contributed by atoms with E-state index < -0.39 is 0 Å². The Morgan fingerprint density at radius 2 is 1.96 bits per heavy atom. The first kappa shape index (κ1) is 16.0. The van der Waals surface area contributed by atoms with Gasteiger partial charge in [0, 0.05) is 31.0 Å². The van der Waals surface area contributed by atoms with E-state index in [9.17, 15) is 0 Å². The van der Waals surface area contributed by atoms with Crippen molar-refractivity contribution in [2.75, 3.05) is 0 Å². The number of nitrogens with zero attached hydrogens (tertiary/aromatic N) is 5. The molecule has 0 aromatic carbocycles. The Bertz CT molecular complexity index is 949. The van der Waals surface area contributed by atoms with Crippen LogP contribution in [-0.2, 0) is 6.54 Å². The zero-order valence-electron chi connectivity index (χ0n) is 14.2. The van der Waals surface area contributed by atoms with Crippen molar-refractivity contribution >= 4 is 0 Å². The standard InChI is InChI=1S/C19H17N5O2/c1-14(26-16-4-2-6-20-12-16)13-24-8-7-21-19(24)15-10-22-18(23-11-15)17-5-3-9-25-17/h2-12,14H,13H2,1H3/t14-/m0/s1. The quantitative estimate of drug-likeness (QED) is 0.531. The summed E-state index contributed by atoms with van der Waals surface area (Å²) < 4.78 is 13.2. The maximum atomic E-state index is 5.89. The van der Waals surface area contributed by atoms with Gasteiger partial charge in [0.05, 0.1) is 24.6 Å². The number of hydrogen-bond donors (Lipinski definition) is 0. The monoisotopic (exact) mass is 347 g/mol. The fourth-order valence-corrected chi connectivity index (χ4v) is 2.66. The van der Waals surface area contributed by atoms with Crippen LogP contribution >= 0.6 is 0 Å². The topological polar surface area (TPSA) is 78.9 Å². The summed E-state index contributed by atoms with van der Waals surface area (Å²) in [5, 5.41) is 0. The van der Waals surface area contributed by atoms with Gasteiger partial charge in [-0.1, -0.05) is 0 Å². The average Bonchev–Trinajstić information content (AvgIpc) is 3.35. The van der Waals surface area contributed by atoms with E-state index in [1.54, 1.807) is 37.2 Å². The molecule has 7 heteroatoms. The minimum atomic E-state index is -0.0459. The van der Waals surface area contributed by atoms with Crippen LogP contribution < -0.4 is 4.74 Å². The van der Waals surface area contributed by atoms with E-state index in [0.717, 1.165) is 17.1 Å². The zero-order chi connectivity index (χ0) is 17.8. The molecule has 26 heavy (non-hydrogen) atoms. The van der Waals surface area contributed by atoms with Gasteiger partial charge >= 0.3 is 0 Å². The third kappa shape index (κ3) is 3.46. The van der Waals surface area contributed by atoms with E-state index in [-0.39, 0.29) is 6.10 Å². The van der Waals surface area contributed by atoms with Crippen molar-refractivity contribution in [3.8, 4) is 28.7 Å². The number of pyridine rings is 1. The van der Waals surface area contributed by atoms with Gasteiger partial charge < -0.3 is 13.7 Å². The van der Waals surface area contributed by atoms with Gasteiger partial charge in [-0.15, -0.1) is 0 Å². The lowest BCUT2D eigenvalue weighted by atomic mass is 10.3. The van der Waals surface area contributed by atoms with Crippen molar-refractivity contribution in [3.63, 3.8) is 0 Å². The van der Waals surface area contributed by atoms with Gasteiger partial charge in [0.25, 0.3) is 0 Å². The Kier molecular flexibility index (Phi) is 4.42. The molecular weight excluding hydrogens is 330 g/mol. The zero-order valence-corrected chi connectivity index (χ0v) is 14.2. The van der Waals surface area contributed by atoms with Crippen LogP contribution in [0.5, 0.6) is 5.75 Å². The molecule has 0 fully saturated rings. The number of hydrogen-bond acceptors (Lipinski definition) is 6. The highest BCUT2D eigenvalue weighted by atomic mass is 16.5. The number of ether oxygens (including phenoxy) is 1. The molecule has 130 valence electrons. The second-order valence-corrected chi connectivity index (χ2v) is 5.79. The van der Waals surface area contributed by atoms with Crippen LogP contribution in [0.1, 0.15) is 6.92 Å². The van der Waals surface area contributed by atoms with Gasteiger partial charge in [0.1, 0.15) is 17.7 Å². The lowest BCUT2D eigenvalue weighted by Gasteiger charge is -2.16. The van der Waals surface area contributed by atoms with Gasteiger partial charge in [-0.05, 0) is 31.2 Å². The first-order chi connectivity index (χ1) is 12.8. The summed E-state index contributed by atoms with van der Waals surface area (Å²) >= 11 is 0. The third-order valence-corrected chi connectivity index (χ3v) is 3.79. The van der Waals surface area contributed by atoms with Crippen molar-refractivity contribution in [2.45, 2.75) is 19.6 Å². The van der Waals surface area contributed by atoms with Crippen molar-refractivity contribution < 1.29 is 9.15 Å². The van der Waals surface area contributed by atoms with E-state index in [2.05, 4.69) is 19.9 Å². The molecule has 0 unspecified atom stereocenters. The molecule has 0 aliphatic carbocycles. The second kappa shape index (κ2) is 7.18. The minimum absolute atomic E-state index is 0.0459. The third-order valence-electron chi connectivity index (χ3n) is 3.79. The van der Waals surface area contributed by atoms with Crippen LogP contribution in [0, 0.1) is 0 Å². The van der Waals surface area contributed by atoms with E-state index in [1.165, 1.54) is 0 Å². The Morgan fingerprint density at radius 3 is 2.69 bits per heavy atom. The highest BCUT2D eigenvalue weighted by Crippen LogP contribution is 2.20. The molecule has 0 aliphatic rings. The first-order valence-electron chi connectivity index (χ1n) is 8.24. The second-order valence-electron chi connectivity index (χ2n) is 5.79. The van der Waals surface area contributed by atoms with Crippen LogP contribution in [0.15, 0.2) is 72.1 Å². The molecule has 0 aliphatic heterocycles. The minimum Gasteiger partial charge on any atom is -0.487 e. The van der Waals surface area contributed by atoms with E-state index in [4.69, 9.17) is 9.15 Å². The molecule has 0 saturated heterocycles. The number of furan rings is 1. The summed E-state index contributed by atoms with van der Waals surface area (Å²) in [7, 11) is 0. The van der Waals surface area contributed by atoms with Gasteiger partial charge in [0.2, 0.25) is 0 Å². The molecule has 4 aromatic rings. The molecule has 4 rings (SSSR count). The molecule has 0 amide bonds. The van der Waals surface area contributed by atoms with Gasteiger partial charge in [-0.2, -0.15) is 0 Å². The summed E-state index contributed by atoms with van der Waals surface area (Å²) in [6.07, 6.45) is 12.1. The molecular formula is C19H17N5O2. The predicted molar refractivity (Wildman–Crippen MR) is 95.3 cm³/mol. The maximum Gasteiger partial charge on any atom is 0.195 e. The van der Waals surface area contributed by atoms with Gasteiger partial charge in [-0.25, -0.2) is 15.0 Å². The van der Waals surface area contributed by atoms with Crippen molar-refractivity contribution in [2.24, 2.45) is 0 Å². The summed E-state index contributed by atoms with van der Waals surface area (Å²) in [6.45, 7) is 2.65. The van der Waals surface area contributed by atoms with Crippen LogP contribution in [-0.4, -0.2) is 30.6 Å². The van der Waals surface area contributed by atoms with Crippen LogP contribution in [0.4, 0.5) is 0 Å². The number of imidazole rings is 1. The van der Waals surface area contributed by atoms with Crippen molar-refractivity contribution in [1.82, 2.24) is 24.5 Å². The maximum absolute atomic E-state index is 5.89. The Balaban J connectivity index is 1.50. The Hall–Kier alpha value is -3.48. The van der Waals surface area contributed by atoms with Gasteiger partial charge in [0.15, 0.2) is 11.6 Å². The van der Waals surface area contributed by atoms with Crippen molar-refractivity contribution in [3.05, 3.63) is 67.7 Å². The van der Waals surface area contributed by atoms with E-state index in [1.807, 2.05) is 42.0 Å². The molecule has 0 bridgehead atoms. The largest absolute Gasteiger partial charge is 0.487 e. The summed E-state index contributed by atoms with van der Waals surface area (Å²) in [6, 6.07) is 7.37. The molecule has 1 atom stereocenters. The Morgan fingerprint density at radius 1 is 1.08 bits per heavy atom. The first-order valence-corrected chi connectivity index (χ1v) is 8.24. The molecule has 0 radical (unpaired) electrons. The molecule has 0 saturated carbocycles. The lowest BCUT2D eigenvalue weighted by molar-refractivity contribution is 0.199. The molecule has 4 aromatic heterocycles. The van der Waals surface area contributed by atoms with Crippen LogP contribution in [0.3, 0.4) is 0 Å². The fraction of sp³-hybridized carbons (Fsp3) is 0.158. The molecule has 7 nitrogen and oxygen atoms in total. The molecule has 0 spiro atoms. The van der Waals surface area contributed by atoms with E-state index in [0.29, 0.717) is 18.1 Å². The van der Waals surface area contributed by atoms with E-state index >= 15 is 0 Å². The van der Waals surface area contributed by atoms with Crippen molar-refractivity contribution in [1.29, 1.82) is 0 Å². The Labute approximate surface area is 150 Å². The van der Waals surface area contributed by atoms with Gasteiger partial charge in [-0.3, -0.25) is 4.98 Å². The lowest BCUT2D eigenvalue weighted by Crippen LogP contribution is -2.19. The summed E-state index contributed by atoms with van der Waals surface area (Å²) in [5.74, 6) is 2.72. The normalized spacial score (nSPS) is 12.0. The highest BCUT2D eigenvalue weighted by Gasteiger charge is 2.12. The fourth-order valence-electron chi connectivity index (χ4n) is 2.66. The van der Waals surface area contributed by atoms with Crippen LogP contribution in [0.2, 0.25) is 0 Å². The summed E-state index contributed by atoms with van der Waals surface area (Å²) in [4.78, 5) is 17.2. The number of rotatable bonds is 6. The SMILES string of the molecule is C[C@@H](Cn1ccnc1-c1cnc(-c2ccco2)nc1)Oc1cccnc1. The molecule has 4 heterocycles. The smallest absolute Gasteiger partial charge is 0.195 e. The van der Waals surface area contributed by atoms with Crippen LogP contribution in [0.25, 0.3) is 23.0 Å². The summed E-state index contributed by atoms with van der Waals surface area (Å²) in [5.41, 5.74) is 0.832.